The van der Waals surface area contributed by atoms with Crippen LogP contribution in [0.3, 0.4) is 0 Å². The first-order valence-corrected chi connectivity index (χ1v) is 6.98. The molecular weight excluding hydrogens is 325 g/mol. The number of hydrogen-bond acceptors (Lipinski definition) is 4. The average molecular weight is 338 g/mol. The monoisotopic (exact) mass is 337 g/mol. The number of nitrogens with one attached hydrogen (secondary N) is 2. The van der Waals surface area contributed by atoms with E-state index in [-0.39, 0.29) is 17.9 Å². The molecule has 6 nitrogen and oxygen atoms in total. The Morgan fingerprint density at radius 2 is 2.00 bits per heavy atom. The Kier molecular flexibility index (Phi) is 5.13. The Labute approximate surface area is 136 Å². The number of non-ortho nitro benzene ring substituents is 1. The maximum Gasteiger partial charge on any atom is 0.269 e. The minimum atomic E-state index is -0.520. The zero-order chi connectivity index (χ0) is 17.0. The van der Waals surface area contributed by atoms with Crippen molar-refractivity contribution >= 4 is 34.6 Å². The Morgan fingerprint density at radius 1 is 1.26 bits per heavy atom. The fourth-order valence-corrected chi connectivity index (χ4v) is 2.08. The van der Waals surface area contributed by atoms with Crippen LogP contribution >= 0.6 is 11.6 Å². The summed E-state index contributed by atoms with van der Waals surface area (Å²) in [5, 5.41) is 16.3. The predicted octanol–water partition coefficient (Wildman–Crippen LogP) is 3.75. The first-order valence-electron chi connectivity index (χ1n) is 6.60. The number of carbonyl (C=O) groups is 1. The largest absolute Gasteiger partial charge is 0.374 e. The molecule has 0 aromatic heterocycles. The van der Waals surface area contributed by atoms with Gasteiger partial charge in [0.05, 0.1) is 17.2 Å². The molecule has 0 aliphatic heterocycles. The fraction of sp³-hybridized carbons (Fsp3) is 0.133. The first kappa shape index (κ1) is 16.7. The molecule has 0 fully saturated rings. The number of anilines is 2. The van der Waals surface area contributed by atoms with Crippen LogP contribution in [-0.2, 0) is 4.79 Å². The summed E-state index contributed by atoms with van der Waals surface area (Å²) in [5.41, 5.74) is 1.07. The maximum absolute atomic E-state index is 13.5. The molecule has 8 heteroatoms. The second-order valence-electron chi connectivity index (χ2n) is 4.78. The van der Waals surface area contributed by atoms with Crippen LogP contribution in [0.15, 0.2) is 36.4 Å². The number of aryl methyl sites for hydroxylation is 1. The van der Waals surface area contributed by atoms with Crippen LogP contribution in [0.2, 0.25) is 5.02 Å². The summed E-state index contributed by atoms with van der Waals surface area (Å²) >= 11 is 5.76. The molecule has 0 aliphatic rings. The molecule has 23 heavy (non-hydrogen) atoms. The smallest absolute Gasteiger partial charge is 0.269 e. The van der Waals surface area contributed by atoms with E-state index in [2.05, 4.69) is 10.6 Å². The third-order valence-electron chi connectivity index (χ3n) is 3.06. The number of nitro groups is 1. The highest BCUT2D eigenvalue weighted by Gasteiger charge is 2.11. The van der Waals surface area contributed by atoms with E-state index in [9.17, 15) is 19.3 Å². The van der Waals surface area contributed by atoms with E-state index in [4.69, 9.17) is 11.6 Å². The molecule has 0 aliphatic carbocycles. The molecule has 2 aromatic carbocycles. The molecule has 2 N–H and O–H groups in total. The Bertz CT molecular complexity index is 768. The molecule has 0 unspecified atom stereocenters. The van der Waals surface area contributed by atoms with Gasteiger partial charge < -0.3 is 10.6 Å². The van der Waals surface area contributed by atoms with Crippen molar-refractivity contribution in [3.63, 3.8) is 0 Å². The number of carbonyl (C=O) groups excluding carboxylic acids is 1. The molecular formula is C15H13ClFN3O3. The number of rotatable bonds is 5. The van der Waals surface area contributed by atoms with Gasteiger partial charge in [-0.25, -0.2) is 4.39 Å². The van der Waals surface area contributed by atoms with Crippen LogP contribution < -0.4 is 10.6 Å². The van der Waals surface area contributed by atoms with Crippen molar-refractivity contribution in [2.45, 2.75) is 6.92 Å². The molecule has 0 atom stereocenters. The van der Waals surface area contributed by atoms with E-state index >= 15 is 0 Å². The number of nitro benzene ring substituents is 1. The number of benzene rings is 2. The van der Waals surface area contributed by atoms with E-state index in [1.807, 2.05) is 0 Å². The van der Waals surface area contributed by atoms with Crippen LogP contribution in [0, 0.1) is 22.9 Å². The van der Waals surface area contributed by atoms with Crippen molar-refractivity contribution in [2.75, 3.05) is 17.2 Å². The number of amides is 1. The Morgan fingerprint density at radius 3 is 2.65 bits per heavy atom. The molecule has 0 heterocycles. The molecule has 120 valence electrons. The second-order valence-corrected chi connectivity index (χ2v) is 5.22. The van der Waals surface area contributed by atoms with Gasteiger partial charge in [0.25, 0.3) is 5.69 Å². The van der Waals surface area contributed by atoms with Crippen molar-refractivity contribution in [1.82, 2.24) is 0 Å². The molecule has 0 saturated carbocycles. The summed E-state index contributed by atoms with van der Waals surface area (Å²) in [7, 11) is 0. The van der Waals surface area contributed by atoms with Gasteiger partial charge in [-0.15, -0.1) is 0 Å². The van der Waals surface area contributed by atoms with Gasteiger partial charge in [0.2, 0.25) is 5.91 Å². The van der Waals surface area contributed by atoms with Crippen molar-refractivity contribution in [3.8, 4) is 0 Å². The summed E-state index contributed by atoms with van der Waals surface area (Å²) in [6.07, 6.45) is 0. The molecule has 0 saturated heterocycles. The third kappa shape index (κ3) is 4.40. The lowest BCUT2D eigenvalue weighted by atomic mass is 10.2. The van der Waals surface area contributed by atoms with E-state index in [1.54, 1.807) is 6.92 Å². The number of nitrogens with zero attached hydrogens (tertiary/aromatic N) is 1. The van der Waals surface area contributed by atoms with Gasteiger partial charge in [0.1, 0.15) is 5.82 Å². The summed E-state index contributed by atoms with van der Waals surface area (Å²) in [5.74, 6) is -0.935. The van der Waals surface area contributed by atoms with Crippen molar-refractivity contribution in [2.24, 2.45) is 0 Å². The van der Waals surface area contributed by atoms with Crippen LogP contribution in [-0.4, -0.2) is 17.4 Å². The number of hydrogen-bond donors (Lipinski definition) is 2. The second kappa shape index (κ2) is 7.06. The molecule has 1 amide bonds. The Balaban J connectivity index is 2.00. The first-order chi connectivity index (χ1) is 10.9. The molecule has 0 radical (unpaired) electrons. The third-order valence-corrected chi connectivity index (χ3v) is 3.30. The van der Waals surface area contributed by atoms with Gasteiger partial charge in [-0.1, -0.05) is 11.6 Å². The van der Waals surface area contributed by atoms with Gasteiger partial charge >= 0.3 is 0 Å². The van der Waals surface area contributed by atoms with Gasteiger partial charge in [0.15, 0.2) is 0 Å². The summed E-state index contributed by atoms with van der Waals surface area (Å²) in [6, 6.07) is 8.09. The van der Waals surface area contributed by atoms with Crippen LogP contribution in [0.25, 0.3) is 0 Å². The topological polar surface area (TPSA) is 84.3 Å². The SMILES string of the molecule is Cc1cc([N+](=O)[O-])ccc1NC(=O)CNc1cc(Cl)ccc1F. The molecule has 2 aromatic rings. The highest BCUT2D eigenvalue weighted by atomic mass is 35.5. The normalized spacial score (nSPS) is 10.2. The maximum atomic E-state index is 13.5. The van der Waals surface area contributed by atoms with Crippen molar-refractivity contribution < 1.29 is 14.1 Å². The van der Waals surface area contributed by atoms with Gasteiger partial charge in [-0.2, -0.15) is 0 Å². The molecule has 0 spiro atoms. The van der Waals surface area contributed by atoms with E-state index in [0.717, 1.165) is 0 Å². The summed E-state index contributed by atoms with van der Waals surface area (Å²) < 4.78 is 13.5. The average Bonchev–Trinajstić information content (AvgIpc) is 2.50. The molecule has 0 bridgehead atoms. The van der Waals surface area contributed by atoms with Crippen LogP contribution in [0.4, 0.5) is 21.5 Å². The highest BCUT2D eigenvalue weighted by Crippen LogP contribution is 2.22. The van der Waals surface area contributed by atoms with Gasteiger partial charge in [-0.05, 0) is 36.8 Å². The zero-order valence-electron chi connectivity index (χ0n) is 12.1. The van der Waals surface area contributed by atoms with E-state index in [1.165, 1.54) is 36.4 Å². The summed E-state index contributed by atoms with van der Waals surface area (Å²) in [4.78, 5) is 22.0. The van der Waals surface area contributed by atoms with Crippen molar-refractivity contribution in [3.05, 3.63) is 62.9 Å². The van der Waals surface area contributed by atoms with Crippen LogP contribution in [0.5, 0.6) is 0 Å². The standard InChI is InChI=1S/C15H13ClFN3O3/c1-9-6-11(20(22)23)3-5-13(9)19-15(21)8-18-14-7-10(16)2-4-12(14)17/h2-7,18H,8H2,1H3,(H,19,21). The van der Waals surface area contributed by atoms with Gasteiger partial charge in [-0.3, -0.25) is 14.9 Å². The van der Waals surface area contributed by atoms with Crippen molar-refractivity contribution in [1.29, 1.82) is 0 Å². The lowest BCUT2D eigenvalue weighted by molar-refractivity contribution is -0.384. The zero-order valence-corrected chi connectivity index (χ0v) is 12.9. The Hall–Kier alpha value is -2.67. The predicted molar refractivity (Wildman–Crippen MR) is 86.4 cm³/mol. The minimum Gasteiger partial charge on any atom is -0.374 e. The van der Waals surface area contributed by atoms with E-state index < -0.39 is 16.6 Å². The van der Waals surface area contributed by atoms with Gasteiger partial charge in [0, 0.05) is 22.8 Å². The van der Waals surface area contributed by atoms with Crippen LogP contribution in [0.1, 0.15) is 5.56 Å². The minimum absolute atomic E-state index is 0.0559. The lowest BCUT2D eigenvalue weighted by Gasteiger charge is -2.10. The lowest BCUT2D eigenvalue weighted by Crippen LogP contribution is -2.22. The molecule has 2 rings (SSSR count). The number of halogens is 2. The van der Waals surface area contributed by atoms with E-state index in [0.29, 0.717) is 16.3 Å². The summed E-state index contributed by atoms with van der Waals surface area (Å²) in [6.45, 7) is 1.47. The highest BCUT2D eigenvalue weighted by molar-refractivity contribution is 6.30. The fourth-order valence-electron chi connectivity index (χ4n) is 1.90. The quantitative estimate of drug-likeness (QED) is 0.643.